The summed E-state index contributed by atoms with van der Waals surface area (Å²) in [6.07, 6.45) is -0.140. The van der Waals surface area contributed by atoms with Crippen LogP contribution in [-0.4, -0.2) is 21.5 Å². The summed E-state index contributed by atoms with van der Waals surface area (Å²) in [5, 5.41) is 23.8. The van der Waals surface area contributed by atoms with E-state index in [4.69, 9.17) is 0 Å². The number of nitro benzene ring substituents is 1. The van der Waals surface area contributed by atoms with Crippen molar-refractivity contribution in [3.63, 3.8) is 0 Å². The molecule has 0 spiro atoms. The first-order chi connectivity index (χ1) is 13.1. The van der Waals surface area contributed by atoms with Crippen LogP contribution in [-0.2, 0) is 11.0 Å². The number of amides is 1. The number of nitrogens with one attached hydrogen (secondary N) is 1. The van der Waals surface area contributed by atoms with Gasteiger partial charge in [-0.05, 0) is 31.4 Å². The number of hydrogen-bond acceptors (Lipinski definition) is 4. The summed E-state index contributed by atoms with van der Waals surface area (Å²) in [4.78, 5) is 22.3. The van der Waals surface area contributed by atoms with Gasteiger partial charge in [-0.1, -0.05) is 38.0 Å². The molecule has 152 valence electrons. The molecule has 0 bridgehead atoms. The number of carbonyl (C=O) groups is 1. The number of nitro groups is 1. The maximum absolute atomic E-state index is 13.1. The Hall–Kier alpha value is -2.60. The molecule has 1 unspecified atom stereocenters. The zero-order valence-corrected chi connectivity index (χ0v) is 15.3. The number of hydrogen-bond donors (Lipinski definition) is 2. The SMILES string of the molecule is CC#CC(O)(CC1CCCCC1)C(=O)Nc1ccc([N+](=O)[O-])c(C(F)(F)F)c1. The molecule has 1 aromatic rings. The maximum atomic E-state index is 13.1. The lowest BCUT2D eigenvalue weighted by molar-refractivity contribution is -0.388. The van der Waals surface area contributed by atoms with Gasteiger partial charge in [0.05, 0.1) is 4.92 Å². The predicted molar refractivity (Wildman–Crippen MR) is 96.3 cm³/mol. The molecule has 28 heavy (non-hydrogen) atoms. The van der Waals surface area contributed by atoms with Crippen molar-refractivity contribution in [3.8, 4) is 11.8 Å². The molecular weight excluding hydrogens is 377 g/mol. The Bertz CT molecular complexity index is 808. The van der Waals surface area contributed by atoms with Crippen LogP contribution < -0.4 is 5.32 Å². The monoisotopic (exact) mass is 398 g/mol. The molecule has 1 fully saturated rings. The van der Waals surface area contributed by atoms with E-state index in [0.717, 1.165) is 38.2 Å². The fourth-order valence-electron chi connectivity index (χ4n) is 3.45. The first kappa shape index (κ1) is 21.7. The largest absolute Gasteiger partial charge is 0.423 e. The average molecular weight is 398 g/mol. The van der Waals surface area contributed by atoms with Crippen LogP contribution in [0.5, 0.6) is 0 Å². The number of anilines is 1. The van der Waals surface area contributed by atoms with Crippen molar-refractivity contribution in [1.29, 1.82) is 0 Å². The van der Waals surface area contributed by atoms with Gasteiger partial charge in [-0.3, -0.25) is 14.9 Å². The highest BCUT2D eigenvalue weighted by atomic mass is 19.4. The van der Waals surface area contributed by atoms with E-state index in [1.807, 2.05) is 0 Å². The van der Waals surface area contributed by atoms with Gasteiger partial charge in [-0.25, -0.2) is 0 Å². The van der Waals surface area contributed by atoms with Gasteiger partial charge in [0, 0.05) is 11.8 Å². The lowest BCUT2D eigenvalue weighted by atomic mass is 9.80. The highest BCUT2D eigenvalue weighted by Crippen LogP contribution is 2.38. The Morgan fingerprint density at radius 2 is 1.96 bits per heavy atom. The normalized spacial score (nSPS) is 17.2. The summed E-state index contributed by atoms with van der Waals surface area (Å²) >= 11 is 0. The van der Waals surface area contributed by atoms with E-state index in [2.05, 4.69) is 17.2 Å². The lowest BCUT2D eigenvalue weighted by Crippen LogP contribution is -2.43. The highest BCUT2D eigenvalue weighted by Gasteiger charge is 2.40. The number of aliphatic hydroxyl groups is 1. The van der Waals surface area contributed by atoms with Gasteiger partial charge in [0.1, 0.15) is 5.56 Å². The second kappa shape index (κ2) is 8.61. The van der Waals surface area contributed by atoms with Gasteiger partial charge in [-0.15, -0.1) is 5.92 Å². The second-order valence-corrected chi connectivity index (χ2v) is 6.88. The molecule has 2 N–H and O–H groups in total. The first-order valence-corrected chi connectivity index (χ1v) is 8.90. The molecule has 2 rings (SSSR count). The minimum absolute atomic E-state index is 0.0821. The van der Waals surface area contributed by atoms with E-state index >= 15 is 0 Å². The zero-order chi connectivity index (χ0) is 20.9. The van der Waals surface area contributed by atoms with Crippen molar-refractivity contribution in [3.05, 3.63) is 33.9 Å². The molecule has 6 nitrogen and oxygen atoms in total. The Kier molecular flexibility index (Phi) is 6.67. The third-order valence-corrected chi connectivity index (χ3v) is 4.77. The molecule has 0 aromatic heterocycles. The summed E-state index contributed by atoms with van der Waals surface area (Å²) in [5.41, 5.74) is -4.94. The molecule has 1 atom stereocenters. The van der Waals surface area contributed by atoms with Gasteiger partial charge >= 0.3 is 6.18 Å². The Morgan fingerprint density at radius 1 is 1.32 bits per heavy atom. The van der Waals surface area contributed by atoms with Crippen molar-refractivity contribution < 1.29 is 28.0 Å². The summed E-state index contributed by atoms with van der Waals surface area (Å²) in [7, 11) is 0. The minimum Gasteiger partial charge on any atom is -0.369 e. The molecular formula is C19H21F3N2O4. The van der Waals surface area contributed by atoms with Crippen LogP contribution in [0.3, 0.4) is 0 Å². The molecule has 0 radical (unpaired) electrons. The van der Waals surface area contributed by atoms with Crippen LogP contribution in [0.1, 0.15) is 51.0 Å². The van der Waals surface area contributed by atoms with Gasteiger partial charge in [-0.2, -0.15) is 13.2 Å². The van der Waals surface area contributed by atoms with E-state index in [1.54, 1.807) is 0 Å². The van der Waals surface area contributed by atoms with Crippen LogP contribution in [0.4, 0.5) is 24.5 Å². The van der Waals surface area contributed by atoms with E-state index in [-0.39, 0.29) is 18.0 Å². The number of rotatable bonds is 5. The van der Waals surface area contributed by atoms with Crippen LogP contribution in [0.25, 0.3) is 0 Å². The Labute approximate surface area is 160 Å². The zero-order valence-electron chi connectivity index (χ0n) is 15.3. The molecule has 0 saturated heterocycles. The van der Waals surface area contributed by atoms with Crippen LogP contribution >= 0.6 is 0 Å². The first-order valence-electron chi connectivity index (χ1n) is 8.90. The van der Waals surface area contributed by atoms with Gasteiger partial charge in [0.25, 0.3) is 11.6 Å². The number of alkyl halides is 3. The van der Waals surface area contributed by atoms with E-state index in [9.17, 15) is 33.2 Å². The molecule has 1 aromatic carbocycles. The van der Waals surface area contributed by atoms with Crippen molar-refractivity contribution in [2.24, 2.45) is 5.92 Å². The fraction of sp³-hybridized carbons (Fsp3) is 0.526. The van der Waals surface area contributed by atoms with Crippen molar-refractivity contribution in [2.45, 2.75) is 57.2 Å². The van der Waals surface area contributed by atoms with Crippen molar-refractivity contribution in [1.82, 2.24) is 0 Å². The number of benzene rings is 1. The molecule has 0 heterocycles. The van der Waals surface area contributed by atoms with Crippen molar-refractivity contribution >= 4 is 17.3 Å². The van der Waals surface area contributed by atoms with Crippen LogP contribution in [0.15, 0.2) is 18.2 Å². The molecule has 0 aliphatic heterocycles. The summed E-state index contributed by atoms with van der Waals surface area (Å²) in [6.45, 7) is 1.45. The minimum atomic E-state index is -4.97. The van der Waals surface area contributed by atoms with Crippen LogP contribution in [0.2, 0.25) is 0 Å². The molecule has 1 aliphatic carbocycles. The van der Waals surface area contributed by atoms with Crippen LogP contribution in [0, 0.1) is 27.9 Å². The average Bonchev–Trinajstić information content (AvgIpc) is 2.61. The predicted octanol–water partition coefficient (Wildman–Crippen LogP) is 4.28. The number of nitrogens with zero attached hydrogens (tertiary/aromatic N) is 1. The quantitative estimate of drug-likeness (QED) is 0.440. The van der Waals surface area contributed by atoms with E-state index < -0.39 is 33.9 Å². The van der Waals surface area contributed by atoms with Gasteiger partial charge < -0.3 is 10.4 Å². The fourth-order valence-corrected chi connectivity index (χ4v) is 3.45. The standard InChI is InChI=1S/C19H21F3N2O4/c1-2-10-18(26,12-13-6-4-3-5-7-13)17(25)23-14-8-9-16(24(27)28)15(11-14)19(20,21)22/h8-9,11,13,26H,3-7,12H2,1H3,(H,23,25). The van der Waals surface area contributed by atoms with Crippen molar-refractivity contribution in [2.75, 3.05) is 5.32 Å². The summed E-state index contributed by atoms with van der Waals surface area (Å²) in [6, 6.07) is 2.15. The summed E-state index contributed by atoms with van der Waals surface area (Å²) < 4.78 is 39.3. The number of carbonyl (C=O) groups excluding carboxylic acids is 1. The Morgan fingerprint density at radius 3 is 2.50 bits per heavy atom. The van der Waals surface area contributed by atoms with E-state index in [0.29, 0.717) is 12.1 Å². The third kappa shape index (κ3) is 5.23. The smallest absolute Gasteiger partial charge is 0.369 e. The Balaban J connectivity index is 2.27. The van der Waals surface area contributed by atoms with Gasteiger partial charge in [0.2, 0.25) is 5.60 Å². The topological polar surface area (TPSA) is 92.5 Å². The molecule has 1 aliphatic rings. The lowest BCUT2D eigenvalue weighted by Gasteiger charge is -2.29. The highest BCUT2D eigenvalue weighted by molar-refractivity contribution is 5.99. The second-order valence-electron chi connectivity index (χ2n) is 6.88. The van der Waals surface area contributed by atoms with E-state index in [1.165, 1.54) is 6.92 Å². The summed E-state index contributed by atoms with van der Waals surface area (Å²) in [5.74, 6) is 4.10. The maximum Gasteiger partial charge on any atom is 0.423 e. The van der Waals surface area contributed by atoms with Gasteiger partial charge in [0.15, 0.2) is 0 Å². The molecule has 1 saturated carbocycles. The molecule has 9 heteroatoms. The molecule has 1 amide bonds. The third-order valence-electron chi connectivity index (χ3n) is 4.77. The number of halogens is 3.